The molecular formula is C14H23N3O. The number of nitrogens with two attached hydrogens (primary N) is 1. The highest BCUT2D eigenvalue weighted by atomic mass is 16.3. The Morgan fingerprint density at radius 3 is 2.72 bits per heavy atom. The summed E-state index contributed by atoms with van der Waals surface area (Å²) in [5.41, 5.74) is 5.66. The van der Waals surface area contributed by atoms with E-state index in [1.807, 2.05) is 12.1 Å². The van der Waals surface area contributed by atoms with Crippen LogP contribution in [0.5, 0.6) is 0 Å². The summed E-state index contributed by atoms with van der Waals surface area (Å²) in [6, 6.07) is 3.66. The van der Waals surface area contributed by atoms with E-state index in [1.54, 1.807) is 6.20 Å². The molecule has 100 valence electrons. The number of aromatic nitrogens is 1. The van der Waals surface area contributed by atoms with Gasteiger partial charge in [-0.3, -0.25) is 0 Å². The van der Waals surface area contributed by atoms with Crippen molar-refractivity contribution in [2.24, 2.45) is 5.92 Å². The number of aliphatic hydroxyl groups is 1. The van der Waals surface area contributed by atoms with E-state index in [9.17, 15) is 5.11 Å². The molecule has 0 spiro atoms. The Hall–Kier alpha value is -1.29. The van der Waals surface area contributed by atoms with Crippen molar-refractivity contribution in [1.29, 1.82) is 0 Å². The van der Waals surface area contributed by atoms with Crippen molar-refractivity contribution in [3.05, 3.63) is 18.3 Å². The van der Waals surface area contributed by atoms with Crippen LogP contribution in [-0.2, 0) is 0 Å². The second-order valence-corrected chi connectivity index (χ2v) is 5.41. The summed E-state index contributed by atoms with van der Waals surface area (Å²) in [7, 11) is 0. The molecule has 2 rings (SSSR count). The number of nitrogen functional groups attached to an aromatic ring is 1. The van der Waals surface area contributed by atoms with Gasteiger partial charge in [-0.25, -0.2) is 4.98 Å². The Morgan fingerprint density at radius 1 is 1.44 bits per heavy atom. The van der Waals surface area contributed by atoms with Crippen molar-refractivity contribution < 1.29 is 5.11 Å². The molecule has 1 aromatic heterocycles. The van der Waals surface area contributed by atoms with Gasteiger partial charge in [-0.15, -0.1) is 0 Å². The molecule has 4 N–H and O–H groups in total. The van der Waals surface area contributed by atoms with E-state index in [0.29, 0.717) is 12.2 Å². The highest BCUT2D eigenvalue weighted by molar-refractivity contribution is 5.43. The first-order valence-corrected chi connectivity index (χ1v) is 6.79. The lowest BCUT2D eigenvalue weighted by atomic mass is 9.78. The summed E-state index contributed by atoms with van der Waals surface area (Å²) in [6.45, 7) is 2.80. The predicted octanol–water partition coefficient (Wildman–Crippen LogP) is 2.41. The van der Waals surface area contributed by atoms with Crippen molar-refractivity contribution in [1.82, 2.24) is 4.98 Å². The zero-order valence-electron chi connectivity index (χ0n) is 11.0. The van der Waals surface area contributed by atoms with Gasteiger partial charge in [0.1, 0.15) is 5.82 Å². The van der Waals surface area contributed by atoms with Crippen molar-refractivity contribution >= 4 is 11.5 Å². The number of nitrogens with zero attached hydrogens (tertiary/aromatic N) is 1. The van der Waals surface area contributed by atoms with E-state index in [-0.39, 0.29) is 0 Å². The molecule has 0 atom stereocenters. The first-order valence-electron chi connectivity index (χ1n) is 6.79. The lowest BCUT2D eigenvalue weighted by Crippen LogP contribution is -2.40. The Labute approximate surface area is 109 Å². The molecule has 4 nitrogen and oxygen atoms in total. The van der Waals surface area contributed by atoms with Gasteiger partial charge in [0.05, 0.1) is 17.5 Å². The zero-order chi connectivity index (χ0) is 13.0. The summed E-state index contributed by atoms with van der Waals surface area (Å²) in [5, 5.41) is 13.7. The summed E-state index contributed by atoms with van der Waals surface area (Å²) >= 11 is 0. The maximum absolute atomic E-state index is 10.5. The standard InChI is InChI=1S/C14H23N3O/c1-2-11-5-7-14(18,8-6-11)10-17-13-4-3-12(15)9-16-13/h3-4,9,11,18H,2,5-8,10,15H2,1H3,(H,16,17). The van der Waals surface area contributed by atoms with Crippen LogP contribution in [0.15, 0.2) is 18.3 Å². The summed E-state index contributed by atoms with van der Waals surface area (Å²) in [4.78, 5) is 4.18. The number of anilines is 2. The monoisotopic (exact) mass is 249 g/mol. The first-order chi connectivity index (χ1) is 8.61. The second-order valence-electron chi connectivity index (χ2n) is 5.41. The first kappa shape index (κ1) is 13.1. The molecule has 0 amide bonds. The van der Waals surface area contributed by atoms with Gasteiger partial charge < -0.3 is 16.2 Å². The van der Waals surface area contributed by atoms with E-state index in [1.165, 1.54) is 6.42 Å². The number of hydrogen-bond donors (Lipinski definition) is 3. The van der Waals surface area contributed by atoms with Gasteiger partial charge in [-0.2, -0.15) is 0 Å². The van der Waals surface area contributed by atoms with Gasteiger partial charge in [-0.05, 0) is 43.7 Å². The molecule has 1 aliphatic carbocycles. The normalized spacial score (nSPS) is 28.0. The second kappa shape index (κ2) is 5.57. The lowest BCUT2D eigenvalue weighted by Gasteiger charge is -2.36. The van der Waals surface area contributed by atoms with E-state index in [0.717, 1.165) is 37.4 Å². The highest BCUT2D eigenvalue weighted by Crippen LogP contribution is 2.33. The Kier molecular flexibility index (Phi) is 4.07. The maximum Gasteiger partial charge on any atom is 0.126 e. The smallest absolute Gasteiger partial charge is 0.126 e. The quantitative estimate of drug-likeness (QED) is 0.766. The van der Waals surface area contributed by atoms with Gasteiger partial charge in [0.15, 0.2) is 0 Å². The lowest BCUT2D eigenvalue weighted by molar-refractivity contribution is 0.00223. The van der Waals surface area contributed by atoms with E-state index in [4.69, 9.17) is 5.73 Å². The number of pyridine rings is 1. The number of nitrogens with one attached hydrogen (secondary N) is 1. The maximum atomic E-state index is 10.5. The molecule has 18 heavy (non-hydrogen) atoms. The summed E-state index contributed by atoms with van der Waals surface area (Å²) in [6.07, 6.45) is 6.87. The van der Waals surface area contributed by atoms with Crippen LogP contribution in [0.2, 0.25) is 0 Å². The SMILES string of the molecule is CCC1CCC(O)(CNc2ccc(N)cn2)CC1. The van der Waals surface area contributed by atoms with Crippen LogP contribution in [-0.4, -0.2) is 22.2 Å². The molecule has 0 radical (unpaired) electrons. The average molecular weight is 249 g/mol. The van der Waals surface area contributed by atoms with E-state index < -0.39 is 5.60 Å². The molecule has 1 heterocycles. The van der Waals surface area contributed by atoms with Crippen LogP contribution in [0.25, 0.3) is 0 Å². The average Bonchev–Trinajstić information content (AvgIpc) is 2.39. The fraction of sp³-hybridized carbons (Fsp3) is 0.643. The largest absolute Gasteiger partial charge is 0.397 e. The molecular weight excluding hydrogens is 226 g/mol. The minimum Gasteiger partial charge on any atom is -0.397 e. The fourth-order valence-corrected chi connectivity index (χ4v) is 2.56. The third kappa shape index (κ3) is 3.35. The molecule has 0 saturated heterocycles. The van der Waals surface area contributed by atoms with Gasteiger partial charge >= 0.3 is 0 Å². The molecule has 1 aliphatic rings. The van der Waals surface area contributed by atoms with E-state index >= 15 is 0 Å². The molecule has 0 aliphatic heterocycles. The fourth-order valence-electron chi connectivity index (χ4n) is 2.56. The van der Waals surface area contributed by atoms with Crippen LogP contribution in [0.1, 0.15) is 39.0 Å². The molecule has 1 saturated carbocycles. The molecule has 4 heteroatoms. The van der Waals surface area contributed by atoms with Crippen LogP contribution in [0.4, 0.5) is 11.5 Å². The minimum absolute atomic E-state index is 0.570. The minimum atomic E-state index is -0.575. The molecule has 0 unspecified atom stereocenters. The zero-order valence-corrected chi connectivity index (χ0v) is 11.0. The Morgan fingerprint density at radius 2 is 2.17 bits per heavy atom. The Bertz CT molecular complexity index is 369. The molecule has 0 bridgehead atoms. The topological polar surface area (TPSA) is 71.2 Å². The van der Waals surface area contributed by atoms with Gasteiger partial charge in [-0.1, -0.05) is 13.3 Å². The Balaban J connectivity index is 1.84. The number of hydrogen-bond acceptors (Lipinski definition) is 4. The van der Waals surface area contributed by atoms with Crippen LogP contribution < -0.4 is 11.1 Å². The number of rotatable bonds is 4. The van der Waals surface area contributed by atoms with Gasteiger partial charge in [0.2, 0.25) is 0 Å². The molecule has 1 aromatic rings. The predicted molar refractivity (Wildman–Crippen MR) is 74.3 cm³/mol. The van der Waals surface area contributed by atoms with Gasteiger partial charge in [0.25, 0.3) is 0 Å². The third-order valence-electron chi connectivity index (χ3n) is 4.00. The summed E-state index contributed by atoms with van der Waals surface area (Å²) < 4.78 is 0. The molecule has 0 aromatic carbocycles. The van der Waals surface area contributed by atoms with Crippen molar-refractivity contribution in [2.45, 2.75) is 44.6 Å². The van der Waals surface area contributed by atoms with Crippen LogP contribution in [0, 0.1) is 5.92 Å². The third-order valence-corrected chi connectivity index (χ3v) is 4.00. The summed E-state index contributed by atoms with van der Waals surface area (Å²) in [5.74, 6) is 1.56. The van der Waals surface area contributed by atoms with E-state index in [2.05, 4.69) is 17.2 Å². The van der Waals surface area contributed by atoms with Crippen molar-refractivity contribution in [3.63, 3.8) is 0 Å². The van der Waals surface area contributed by atoms with Crippen molar-refractivity contribution in [3.8, 4) is 0 Å². The van der Waals surface area contributed by atoms with Crippen LogP contribution in [0.3, 0.4) is 0 Å². The van der Waals surface area contributed by atoms with Gasteiger partial charge in [0, 0.05) is 6.54 Å². The van der Waals surface area contributed by atoms with Crippen LogP contribution >= 0.6 is 0 Å². The van der Waals surface area contributed by atoms with Crippen molar-refractivity contribution in [2.75, 3.05) is 17.6 Å². The highest BCUT2D eigenvalue weighted by Gasteiger charge is 2.32. The molecule has 1 fully saturated rings.